The molecule has 0 atom stereocenters. The Morgan fingerprint density at radius 1 is 1.18 bits per heavy atom. The van der Waals surface area contributed by atoms with E-state index in [0.717, 1.165) is 6.54 Å². The third kappa shape index (κ3) is 4.66. The minimum absolute atomic E-state index is 0.397. The Kier molecular flexibility index (Phi) is 6.76. The van der Waals surface area contributed by atoms with Crippen molar-refractivity contribution < 1.29 is 9.90 Å². The summed E-state index contributed by atoms with van der Waals surface area (Å²) in [5.74, 6) is -0.0884. The van der Waals surface area contributed by atoms with E-state index in [0.29, 0.717) is 31.3 Å². The van der Waals surface area contributed by atoms with Crippen molar-refractivity contribution in [2.24, 2.45) is 11.3 Å². The van der Waals surface area contributed by atoms with E-state index in [4.69, 9.17) is 0 Å². The van der Waals surface area contributed by atoms with Crippen LogP contribution in [0.2, 0.25) is 0 Å². The van der Waals surface area contributed by atoms with E-state index >= 15 is 0 Å². The van der Waals surface area contributed by atoms with Gasteiger partial charge in [-0.05, 0) is 32.6 Å². The summed E-state index contributed by atoms with van der Waals surface area (Å²) >= 11 is 0. The van der Waals surface area contributed by atoms with Crippen LogP contribution in [0.1, 0.15) is 54.4 Å². The molecule has 0 bridgehead atoms. The van der Waals surface area contributed by atoms with Crippen molar-refractivity contribution in [3.05, 3.63) is 0 Å². The number of hydrogen-bond acceptors (Lipinski definition) is 2. The van der Waals surface area contributed by atoms with Gasteiger partial charge in [0.15, 0.2) is 0 Å². The first-order valence-electron chi connectivity index (χ1n) is 6.76. The third-order valence-electron chi connectivity index (χ3n) is 3.64. The Morgan fingerprint density at radius 2 is 1.65 bits per heavy atom. The number of carbonyl (C=O) groups is 1. The topological polar surface area (TPSA) is 40.5 Å². The number of rotatable bonds is 8. The van der Waals surface area contributed by atoms with Crippen molar-refractivity contribution in [1.29, 1.82) is 0 Å². The molecule has 0 saturated carbocycles. The summed E-state index contributed by atoms with van der Waals surface area (Å²) in [7, 11) is 0. The van der Waals surface area contributed by atoms with Crippen LogP contribution in [-0.2, 0) is 4.79 Å². The zero-order valence-electron chi connectivity index (χ0n) is 12.3. The maximum atomic E-state index is 11.5. The first-order valence-corrected chi connectivity index (χ1v) is 6.76. The van der Waals surface area contributed by atoms with Crippen LogP contribution in [0.25, 0.3) is 0 Å². The number of hydrogen-bond donors (Lipinski definition) is 1. The molecule has 0 aromatic heterocycles. The van der Waals surface area contributed by atoms with Crippen molar-refractivity contribution in [2.75, 3.05) is 13.1 Å². The fourth-order valence-corrected chi connectivity index (χ4v) is 2.16. The highest BCUT2D eigenvalue weighted by molar-refractivity contribution is 5.74. The molecule has 0 aromatic carbocycles. The van der Waals surface area contributed by atoms with Crippen LogP contribution in [0.3, 0.4) is 0 Å². The largest absolute Gasteiger partial charge is 0.481 e. The van der Waals surface area contributed by atoms with Crippen LogP contribution in [0, 0.1) is 11.3 Å². The SMILES string of the molecule is CCC(CC)(CN(CC(C)C)C(C)C)C(=O)O. The predicted molar refractivity (Wildman–Crippen MR) is 72.2 cm³/mol. The maximum Gasteiger partial charge on any atom is 0.310 e. The van der Waals surface area contributed by atoms with E-state index < -0.39 is 11.4 Å². The lowest BCUT2D eigenvalue weighted by Gasteiger charge is -2.37. The summed E-state index contributed by atoms with van der Waals surface area (Å²) in [5, 5.41) is 9.46. The van der Waals surface area contributed by atoms with Crippen molar-refractivity contribution in [2.45, 2.75) is 60.4 Å². The molecule has 0 aliphatic heterocycles. The quantitative estimate of drug-likeness (QED) is 0.711. The van der Waals surface area contributed by atoms with Gasteiger partial charge in [-0.3, -0.25) is 9.69 Å². The van der Waals surface area contributed by atoms with Crippen LogP contribution < -0.4 is 0 Å². The van der Waals surface area contributed by atoms with E-state index in [1.807, 2.05) is 13.8 Å². The molecule has 0 spiro atoms. The smallest absolute Gasteiger partial charge is 0.310 e. The molecule has 0 fully saturated rings. The molecule has 1 N–H and O–H groups in total. The molecule has 3 heteroatoms. The Hall–Kier alpha value is -0.570. The molecule has 0 radical (unpaired) electrons. The van der Waals surface area contributed by atoms with Gasteiger partial charge in [-0.1, -0.05) is 27.7 Å². The van der Waals surface area contributed by atoms with Gasteiger partial charge < -0.3 is 5.11 Å². The van der Waals surface area contributed by atoms with E-state index in [1.165, 1.54) is 0 Å². The molecular formula is C14H29NO2. The Bertz CT molecular complexity index is 232. The van der Waals surface area contributed by atoms with Crippen LogP contribution in [0.5, 0.6) is 0 Å². The minimum Gasteiger partial charge on any atom is -0.481 e. The van der Waals surface area contributed by atoms with Crippen molar-refractivity contribution >= 4 is 5.97 Å². The van der Waals surface area contributed by atoms with E-state index in [2.05, 4.69) is 32.6 Å². The number of nitrogens with zero attached hydrogens (tertiary/aromatic N) is 1. The van der Waals surface area contributed by atoms with Crippen LogP contribution in [-0.4, -0.2) is 35.1 Å². The molecule has 0 aliphatic carbocycles. The molecule has 0 rings (SSSR count). The molecule has 0 aliphatic rings. The summed E-state index contributed by atoms with van der Waals surface area (Å²) in [6, 6.07) is 0.397. The number of carboxylic acid groups (broad SMARTS) is 1. The molecule has 3 nitrogen and oxygen atoms in total. The summed E-state index contributed by atoms with van der Waals surface area (Å²) in [6.07, 6.45) is 1.39. The standard InChI is InChI=1S/C14H29NO2/c1-7-14(8-2,13(16)17)10-15(12(5)6)9-11(3)4/h11-12H,7-10H2,1-6H3,(H,16,17). The van der Waals surface area contributed by atoms with Gasteiger partial charge in [0, 0.05) is 19.1 Å². The average Bonchev–Trinajstić information content (AvgIpc) is 2.23. The van der Waals surface area contributed by atoms with Crippen LogP contribution in [0.15, 0.2) is 0 Å². The van der Waals surface area contributed by atoms with Gasteiger partial charge in [-0.25, -0.2) is 0 Å². The first kappa shape index (κ1) is 16.4. The highest BCUT2D eigenvalue weighted by atomic mass is 16.4. The lowest BCUT2D eigenvalue weighted by Crippen LogP contribution is -2.46. The van der Waals surface area contributed by atoms with Gasteiger partial charge in [0.25, 0.3) is 0 Å². The maximum absolute atomic E-state index is 11.5. The van der Waals surface area contributed by atoms with Gasteiger partial charge in [-0.2, -0.15) is 0 Å². The molecule has 0 aromatic rings. The zero-order valence-corrected chi connectivity index (χ0v) is 12.3. The van der Waals surface area contributed by atoms with E-state index in [1.54, 1.807) is 0 Å². The molecule has 0 amide bonds. The van der Waals surface area contributed by atoms with E-state index in [-0.39, 0.29) is 0 Å². The summed E-state index contributed by atoms with van der Waals surface area (Å²) in [5.41, 5.74) is -0.584. The second-order valence-corrected chi connectivity index (χ2v) is 5.71. The average molecular weight is 243 g/mol. The Morgan fingerprint density at radius 3 is 1.88 bits per heavy atom. The number of carboxylic acids is 1. The number of aliphatic carboxylic acids is 1. The third-order valence-corrected chi connectivity index (χ3v) is 3.64. The van der Waals surface area contributed by atoms with E-state index in [9.17, 15) is 9.90 Å². The molecule has 0 saturated heterocycles. The molecular weight excluding hydrogens is 214 g/mol. The Balaban J connectivity index is 4.85. The molecule has 102 valence electrons. The fourth-order valence-electron chi connectivity index (χ4n) is 2.16. The van der Waals surface area contributed by atoms with Gasteiger partial charge in [0.2, 0.25) is 0 Å². The molecule has 0 heterocycles. The predicted octanol–water partition coefficient (Wildman–Crippen LogP) is 3.24. The fraction of sp³-hybridized carbons (Fsp3) is 0.929. The molecule has 0 unspecified atom stereocenters. The Labute approximate surface area is 106 Å². The lowest BCUT2D eigenvalue weighted by atomic mass is 9.81. The van der Waals surface area contributed by atoms with Gasteiger partial charge in [0.05, 0.1) is 5.41 Å². The summed E-state index contributed by atoms with van der Waals surface area (Å²) < 4.78 is 0. The van der Waals surface area contributed by atoms with Gasteiger partial charge in [-0.15, -0.1) is 0 Å². The van der Waals surface area contributed by atoms with Crippen LogP contribution in [0.4, 0.5) is 0 Å². The monoisotopic (exact) mass is 243 g/mol. The second kappa shape index (κ2) is 7.00. The highest BCUT2D eigenvalue weighted by Crippen LogP contribution is 2.29. The normalized spacial score (nSPS) is 12.8. The van der Waals surface area contributed by atoms with Crippen LogP contribution >= 0.6 is 0 Å². The first-order chi connectivity index (χ1) is 7.79. The van der Waals surface area contributed by atoms with Gasteiger partial charge in [0.1, 0.15) is 0 Å². The lowest BCUT2D eigenvalue weighted by molar-refractivity contribution is -0.151. The second-order valence-electron chi connectivity index (χ2n) is 5.71. The summed E-state index contributed by atoms with van der Waals surface area (Å²) in [4.78, 5) is 13.8. The summed E-state index contributed by atoms with van der Waals surface area (Å²) in [6.45, 7) is 14.2. The van der Waals surface area contributed by atoms with Crippen molar-refractivity contribution in [3.8, 4) is 0 Å². The minimum atomic E-state index is -0.656. The van der Waals surface area contributed by atoms with Crippen molar-refractivity contribution in [1.82, 2.24) is 4.90 Å². The van der Waals surface area contributed by atoms with Crippen molar-refractivity contribution in [3.63, 3.8) is 0 Å². The highest BCUT2D eigenvalue weighted by Gasteiger charge is 2.37. The zero-order chi connectivity index (χ0) is 13.6. The van der Waals surface area contributed by atoms with Gasteiger partial charge >= 0.3 is 5.97 Å². The molecule has 17 heavy (non-hydrogen) atoms.